The van der Waals surface area contributed by atoms with Crippen LogP contribution in [0.15, 0.2) is 24.3 Å². The molecule has 0 spiro atoms. The van der Waals surface area contributed by atoms with Crippen molar-refractivity contribution in [3.8, 4) is 6.07 Å². The lowest BCUT2D eigenvalue weighted by Gasteiger charge is -2.39. The fourth-order valence-electron chi connectivity index (χ4n) is 3.76. The number of rotatable bonds is 3. The fraction of sp³-hybridized carbons (Fsp3) is 0.611. The summed E-state index contributed by atoms with van der Waals surface area (Å²) >= 11 is 0. The number of nitrogens with two attached hydrogens (primary N) is 1. The summed E-state index contributed by atoms with van der Waals surface area (Å²) in [6.45, 7) is 2.13. The number of nitriles is 1. The van der Waals surface area contributed by atoms with Gasteiger partial charge < -0.3 is 16.0 Å². The van der Waals surface area contributed by atoms with Crippen LogP contribution in [0.25, 0.3) is 0 Å². The number of anilines is 1. The van der Waals surface area contributed by atoms with Crippen LogP contribution in [0.1, 0.15) is 44.1 Å². The molecule has 22 heavy (non-hydrogen) atoms. The molecule has 2 aliphatic rings. The Hall–Kier alpha value is -1.57. The normalized spacial score (nSPS) is 29.1. The van der Waals surface area contributed by atoms with E-state index >= 15 is 0 Å². The Morgan fingerprint density at radius 2 is 1.86 bits per heavy atom. The van der Waals surface area contributed by atoms with Gasteiger partial charge in [0.05, 0.1) is 11.6 Å². The molecule has 4 heteroatoms. The average Bonchev–Trinajstić information content (AvgIpc) is 2.57. The van der Waals surface area contributed by atoms with E-state index < -0.39 is 0 Å². The molecule has 0 unspecified atom stereocenters. The third-order valence-corrected chi connectivity index (χ3v) is 5.05. The molecule has 1 saturated carbocycles. The largest absolute Gasteiger partial charge is 0.370 e. The van der Waals surface area contributed by atoms with Crippen molar-refractivity contribution in [3.05, 3.63) is 29.8 Å². The summed E-state index contributed by atoms with van der Waals surface area (Å²) in [5, 5.41) is 12.7. The van der Waals surface area contributed by atoms with Gasteiger partial charge in [0.25, 0.3) is 0 Å². The topological polar surface area (TPSA) is 65.1 Å². The minimum atomic E-state index is 0.319. The first-order chi connectivity index (χ1) is 10.8. The first-order valence-electron chi connectivity index (χ1n) is 8.53. The van der Waals surface area contributed by atoms with Gasteiger partial charge in [-0.05, 0) is 49.9 Å². The zero-order valence-corrected chi connectivity index (χ0v) is 13.2. The van der Waals surface area contributed by atoms with Gasteiger partial charge in [-0.1, -0.05) is 12.8 Å². The lowest BCUT2D eigenvalue weighted by atomic mass is 9.89. The first kappa shape index (κ1) is 15.3. The Balaban J connectivity index is 1.60. The SMILES string of the molecule is N#Cc1ccc(N2CCC[C@H](N[C@@H]3CCCC[C@H]3N)C2)cc1. The molecule has 1 heterocycles. The second-order valence-electron chi connectivity index (χ2n) is 6.67. The van der Waals surface area contributed by atoms with E-state index in [0.29, 0.717) is 18.1 Å². The van der Waals surface area contributed by atoms with E-state index in [1.165, 1.54) is 37.8 Å². The Kier molecular flexibility index (Phi) is 4.97. The Bertz CT molecular complexity index is 519. The van der Waals surface area contributed by atoms with Crippen molar-refractivity contribution in [1.29, 1.82) is 5.26 Å². The third kappa shape index (κ3) is 3.60. The maximum Gasteiger partial charge on any atom is 0.0991 e. The Labute approximate surface area is 133 Å². The molecule has 1 saturated heterocycles. The highest BCUT2D eigenvalue weighted by molar-refractivity contribution is 5.50. The minimum Gasteiger partial charge on any atom is -0.370 e. The minimum absolute atomic E-state index is 0.319. The van der Waals surface area contributed by atoms with E-state index in [2.05, 4.69) is 28.4 Å². The first-order valence-corrected chi connectivity index (χ1v) is 8.53. The average molecular weight is 298 g/mol. The van der Waals surface area contributed by atoms with Gasteiger partial charge in [0, 0.05) is 36.9 Å². The number of piperidine rings is 1. The van der Waals surface area contributed by atoms with Crippen LogP contribution in [0.5, 0.6) is 0 Å². The van der Waals surface area contributed by atoms with Crippen molar-refractivity contribution >= 4 is 5.69 Å². The van der Waals surface area contributed by atoms with Crippen LogP contribution in [0.2, 0.25) is 0 Å². The van der Waals surface area contributed by atoms with Gasteiger partial charge in [0.1, 0.15) is 0 Å². The second-order valence-corrected chi connectivity index (χ2v) is 6.67. The number of nitrogens with one attached hydrogen (secondary N) is 1. The maximum atomic E-state index is 8.90. The van der Waals surface area contributed by atoms with E-state index in [1.807, 2.05) is 12.1 Å². The highest BCUT2D eigenvalue weighted by Crippen LogP contribution is 2.23. The van der Waals surface area contributed by atoms with E-state index in [0.717, 1.165) is 25.1 Å². The highest BCUT2D eigenvalue weighted by atomic mass is 15.2. The summed E-state index contributed by atoms with van der Waals surface area (Å²) in [7, 11) is 0. The fourth-order valence-corrected chi connectivity index (χ4v) is 3.76. The van der Waals surface area contributed by atoms with E-state index in [1.54, 1.807) is 0 Å². The van der Waals surface area contributed by atoms with Gasteiger partial charge in [0.15, 0.2) is 0 Å². The predicted octanol–water partition coefficient (Wildman–Crippen LogP) is 2.39. The van der Waals surface area contributed by atoms with Crippen LogP contribution >= 0.6 is 0 Å². The summed E-state index contributed by atoms with van der Waals surface area (Å²) in [6.07, 6.45) is 7.40. The molecule has 1 aliphatic carbocycles. The highest BCUT2D eigenvalue weighted by Gasteiger charge is 2.27. The molecule has 3 N–H and O–H groups in total. The smallest absolute Gasteiger partial charge is 0.0991 e. The summed E-state index contributed by atoms with van der Waals surface area (Å²) in [6, 6.07) is 11.4. The standard InChI is InChI=1S/C18H26N4/c19-12-14-7-9-16(10-8-14)22-11-3-4-15(13-22)21-18-6-2-1-5-17(18)20/h7-10,15,17-18,21H,1-6,11,13,20H2/t15-,17+,18+/m0/s1. The molecule has 0 aromatic heterocycles. The summed E-state index contributed by atoms with van der Waals surface area (Å²) in [4.78, 5) is 2.43. The lowest BCUT2D eigenvalue weighted by Crippen LogP contribution is -2.55. The van der Waals surface area contributed by atoms with E-state index in [-0.39, 0.29) is 0 Å². The number of benzene rings is 1. The third-order valence-electron chi connectivity index (χ3n) is 5.05. The van der Waals surface area contributed by atoms with Crippen LogP contribution in [-0.2, 0) is 0 Å². The van der Waals surface area contributed by atoms with Crippen molar-refractivity contribution in [1.82, 2.24) is 5.32 Å². The van der Waals surface area contributed by atoms with Crippen LogP contribution in [-0.4, -0.2) is 31.2 Å². The summed E-state index contributed by atoms with van der Waals surface area (Å²) < 4.78 is 0. The van der Waals surface area contributed by atoms with Gasteiger partial charge >= 0.3 is 0 Å². The second kappa shape index (κ2) is 7.13. The summed E-state index contributed by atoms with van der Waals surface area (Å²) in [5.41, 5.74) is 8.21. The number of hydrogen-bond donors (Lipinski definition) is 2. The molecule has 0 bridgehead atoms. The van der Waals surface area contributed by atoms with E-state index in [4.69, 9.17) is 11.0 Å². The molecule has 4 nitrogen and oxygen atoms in total. The van der Waals surface area contributed by atoms with Gasteiger partial charge in [0.2, 0.25) is 0 Å². The monoisotopic (exact) mass is 298 g/mol. The number of nitrogens with zero attached hydrogens (tertiary/aromatic N) is 2. The van der Waals surface area contributed by atoms with Gasteiger partial charge in [-0.25, -0.2) is 0 Å². The van der Waals surface area contributed by atoms with Crippen LogP contribution in [0.3, 0.4) is 0 Å². The van der Waals surface area contributed by atoms with Crippen molar-refractivity contribution in [2.24, 2.45) is 5.73 Å². The van der Waals surface area contributed by atoms with E-state index in [9.17, 15) is 0 Å². The van der Waals surface area contributed by atoms with Gasteiger partial charge in [-0.2, -0.15) is 5.26 Å². The summed E-state index contributed by atoms with van der Waals surface area (Å²) in [5.74, 6) is 0. The van der Waals surface area contributed by atoms with Gasteiger partial charge in [-0.3, -0.25) is 0 Å². The quantitative estimate of drug-likeness (QED) is 0.899. The maximum absolute atomic E-state index is 8.90. The molecule has 2 fully saturated rings. The van der Waals surface area contributed by atoms with Crippen molar-refractivity contribution < 1.29 is 0 Å². The molecule has 1 aliphatic heterocycles. The Morgan fingerprint density at radius 3 is 2.59 bits per heavy atom. The zero-order chi connectivity index (χ0) is 15.4. The Morgan fingerprint density at radius 1 is 1.09 bits per heavy atom. The molecule has 118 valence electrons. The molecule has 0 amide bonds. The number of hydrogen-bond acceptors (Lipinski definition) is 4. The van der Waals surface area contributed by atoms with Crippen LogP contribution in [0.4, 0.5) is 5.69 Å². The van der Waals surface area contributed by atoms with Gasteiger partial charge in [-0.15, -0.1) is 0 Å². The van der Waals surface area contributed by atoms with Crippen LogP contribution < -0.4 is 16.0 Å². The molecule has 1 aromatic carbocycles. The molecule has 3 rings (SSSR count). The molecular weight excluding hydrogens is 272 g/mol. The lowest BCUT2D eigenvalue weighted by molar-refractivity contribution is 0.282. The zero-order valence-electron chi connectivity index (χ0n) is 13.2. The molecule has 3 atom stereocenters. The molecular formula is C18H26N4. The predicted molar refractivity (Wildman–Crippen MR) is 89.8 cm³/mol. The molecule has 0 radical (unpaired) electrons. The molecule has 1 aromatic rings. The van der Waals surface area contributed by atoms with Crippen molar-refractivity contribution in [3.63, 3.8) is 0 Å². The van der Waals surface area contributed by atoms with Crippen molar-refractivity contribution in [2.75, 3.05) is 18.0 Å². The van der Waals surface area contributed by atoms with Crippen LogP contribution in [0, 0.1) is 11.3 Å². The van der Waals surface area contributed by atoms with Crippen molar-refractivity contribution in [2.45, 2.75) is 56.7 Å².